The molecule has 1 heterocycles. The van der Waals surface area contributed by atoms with Gasteiger partial charge in [-0.15, -0.1) is 0 Å². The van der Waals surface area contributed by atoms with Crippen LogP contribution in [0.2, 0.25) is 0 Å². The van der Waals surface area contributed by atoms with Crippen molar-refractivity contribution in [2.75, 3.05) is 31.4 Å². The van der Waals surface area contributed by atoms with Crippen LogP contribution in [-0.4, -0.2) is 38.3 Å². The summed E-state index contributed by atoms with van der Waals surface area (Å²) < 4.78 is 16.1. The van der Waals surface area contributed by atoms with Crippen LogP contribution in [0.4, 0.5) is 5.69 Å². The first-order valence-corrected chi connectivity index (χ1v) is 8.76. The molecule has 3 rings (SSSR count). The molecule has 0 aliphatic carbocycles. The van der Waals surface area contributed by atoms with Gasteiger partial charge in [-0.3, -0.25) is 9.59 Å². The van der Waals surface area contributed by atoms with E-state index in [9.17, 15) is 9.59 Å². The first-order valence-electron chi connectivity index (χ1n) is 8.76. The molecule has 1 N–H and O–H groups in total. The lowest BCUT2D eigenvalue weighted by atomic mass is 10.2. The lowest BCUT2D eigenvalue weighted by Gasteiger charge is -2.21. The van der Waals surface area contributed by atoms with E-state index in [0.29, 0.717) is 36.9 Å². The third-order valence-electron chi connectivity index (χ3n) is 4.05. The highest BCUT2D eigenvalue weighted by Crippen LogP contribution is 2.35. The molecule has 0 atom stereocenters. The molecule has 1 aliphatic heterocycles. The topological polar surface area (TPSA) is 77.1 Å². The van der Waals surface area contributed by atoms with Gasteiger partial charge in [-0.2, -0.15) is 0 Å². The molecule has 0 bridgehead atoms. The van der Waals surface area contributed by atoms with Crippen molar-refractivity contribution < 1.29 is 23.8 Å². The summed E-state index contributed by atoms with van der Waals surface area (Å²) in [6, 6.07) is 14.7. The molecule has 0 spiro atoms. The van der Waals surface area contributed by atoms with Gasteiger partial charge in [-0.25, -0.2) is 0 Å². The average molecular weight is 370 g/mol. The molecule has 2 aromatic rings. The molecule has 2 amide bonds. The minimum atomic E-state index is -0.125. The molecule has 27 heavy (non-hydrogen) atoms. The van der Waals surface area contributed by atoms with Gasteiger partial charge in [0.25, 0.3) is 0 Å². The molecular weight excluding hydrogens is 348 g/mol. The molecule has 0 unspecified atom stereocenters. The van der Waals surface area contributed by atoms with Gasteiger partial charge in [-0.1, -0.05) is 18.2 Å². The number of carbonyl (C=O) groups is 2. The third kappa shape index (κ3) is 5.13. The molecule has 1 aliphatic rings. The molecule has 0 saturated heterocycles. The van der Waals surface area contributed by atoms with Crippen molar-refractivity contribution in [2.24, 2.45) is 0 Å². The number of hydrogen-bond acceptors (Lipinski definition) is 5. The lowest BCUT2D eigenvalue weighted by molar-refractivity contribution is -0.122. The van der Waals surface area contributed by atoms with E-state index in [0.717, 1.165) is 5.75 Å². The fraction of sp³-hybridized carbons (Fsp3) is 0.300. The number of hydrogen-bond donors (Lipinski definition) is 1. The van der Waals surface area contributed by atoms with Gasteiger partial charge < -0.3 is 24.4 Å². The van der Waals surface area contributed by atoms with Gasteiger partial charge >= 0.3 is 0 Å². The second-order valence-electron chi connectivity index (χ2n) is 5.97. The van der Waals surface area contributed by atoms with Crippen LogP contribution in [0.5, 0.6) is 17.2 Å². The van der Waals surface area contributed by atoms with Gasteiger partial charge in [-0.05, 0) is 24.3 Å². The van der Waals surface area contributed by atoms with E-state index < -0.39 is 0 Å². The maximum absolute atomic E-state index is 12.0. The average Bonchev–Trinajstić information content (AvgIpc) is 3.13. The zero-order valence-electron chi connectivity index (χ0n) is 15.1. The summed E-state index contributed by atoms with van der Waals surface area (Å²) in [6.45, 7) is 2.67. The Morgan fingerprint density at radius 2 is 1.89 bits per heavy atom. The van der Waals surface area contributed by atoms with E-state index in [2.05, 4.69) is 5.32 Å². The number of anilines is 1. The van der Waals surface area contributed by atoms with Crippen molar-refractivity contribution in [1.82, 2.24) is 5.32 Å². The summed E-state index contributed by atoms with van der Waals surface area (Å²) in [6.07, 6.45) is 0.249. The standard InChI is InChI=1S/C20H22N2O5/c1-15(23)22(16-7-8-18-19(13-16)27-14-26-18)11-10-21-20(24)9-12-25-17-5-3-2-4-6-17/h2-8,13H,9-12,14H2,1H3,(H,21,24). The highest BCUT2D eigenvalue weighted by atomic mass is 16.7. The highest BCUT2D eigenvalue weighted by molar-refractivity contribution is 5.92. The van der Waals surface area contributed by atoms with Crippen LogP contribution in [0.3, 0.4) is 0 Å². The van der Waals surface area contributed by atoms with Crippen LogP contribution in [0.25, 0.3) is 0 Å². The third-order valence-corrected chi connectivity index (χ3v) is 4.05. The zero-order valence-corrected chi connectivity index (χ0v) is 15.1. The Labute approximate surface area is 157 Å². The maximum atomic E-state index is 12.0. The molecule has 2 aromatic carbocycles. The molecule has 7 heteroatoms. The summed E-state index contributed by atoms with van der Waals surface area (Å²) in [4.78, 5) is 25.5. The Morgan fingerprint density at radius 3 is 2.67 bits per heavy atom. The van der Waals surface area contributed by atoms with Gasteiger partial charge in [0.1, 0.15) is 5.75 Å². The van der Waals surface area contributed by atoms with Crippen LogP contribution < -0.4 is 24.4 Å². The van der Waals surface area contributed by atoms with Crippen molar-refractivity contribution in [3.8, 4) is 17.2 Å². The Morgan fingerprint density at radius 1 is 1.11 bits per heavy atom. The van der Waals surface area contributed by atoms with Gasteiger partial charge in [0, 0.05) is 31.8 Å². The number of para-hydroxylation sites is 1. The van der Waals surface area contributed by atoms with E-state index in [-0.39, 0.29) is 25.0 Å². The highest BCUT2D eigenvalue weighted by Gasteiger charge is 2.18. The Kier molecular flexibility index (Phi) is 6.14. The predicted octanol–water partition coefficient (Wildman–Crippen LogP) is 2.35. The Bertz CT molecular complexity index is 794. The molecule has 0 saturated carbocycles. The number of rotatable bonds is 8. The van der Waals surface area contributed by atoms with E-state index in [1.165, 1.54) is 6.92 Å². The van der Waals surface area contributed by atoms with E-state index in [1.54, 1.807) is 23.1 Å². The van der Waals surface area contributed by atoms with Crippen molar-refractivity contribution in [1.29, 1.82) is 0 Å². The van der Waals surface area contributed by atoms with Crippen LogP contribution in [0.15, 0.2) is 48.5 Å². The van der Waals surface area contributed by atoms with Gasteiger partial charge in [0.05, 0.1) is 13.0 Å². The Balaban J connectivity index is 1.44. The van der Waals surface area contributed by atoms with Crippen molar-refractivity contribution >= 4 is 17.5 Å². The van der Waals surface area contributed by atoms with Crippen molar-refractivity contribution in [3.05, 3.63) is 48.5 Å². The monoisotopic (exact) mass is 370 g/mol. The largest absolute Gasteiger partial charge is 0.493 e. The normalized spacial score (nSPS) is 11.7. The van der Waals surface area contributed by atoms with E-state index in [1.807, 2.05) is 30.3 Å². The minimum Gasteiger partial charge on any atom is -0.493 e. The van der Waals surface area contributed by atoms with E-state index in [4.69, 9.17) is 14.2 Å². The summed E-state index contributed by atoms with van der Waals surface area (Å²) in [5.74, 6) is 1.77. The number of benzene rings is 2. The number of nitrogens with one attached hydrogen (secondary N) is 1. The number of nitrogens with zero attached hydrogens (tertiary/aromatic N) is 1. The smallest absolute Gasteiger partial charge is 0.231 e. The number of amides is 2. The SMILES string of the molecule is CC(=O)N(CCNC(=O)CCOc1ccccc1)c1ccc2c(c1)OCO2. The summed E-state index contributed by atoms with van der Waals surface area (Å²) in [7, 11) is 0. The van der Waals surface area contributed by atoms with Crippen LogP contribution in [0, 0.1) is 0 Å². The minimum absolute atomic E-state index is 0.115. The maximum Gasteiger partial charge on any atom is 0.231 e. The number of ether oxygens (including phenoxy) is 3. The first-order chi connectivity index (χ1) is 13.1. The molecule has 142 valence electrons. The molecular formula is C20H22N2O5. The molecule has 0 radical (unpaired) electrons. The summed E-state index contributed by atoms with van der Waals surface area (Å²) in [5, 5.41) is 2.81. The zero-order chi connectivity index (χ0) is 19.1. The van der Waals surface area contributed by atoms with Crippen LogP contribution >= 0.6 is 0 Å². The van der Waals surface area contributed by atoms with E-state index >= 15 is 0 Å². The Hall–Kier alpha value is -3.22. The first kappa shape index (κ1) is 18.6. The van der Waals surface area contributed by atoms with Crippen molar-refractivity contribution in [2.45, 2.75) is 13.3 Å². The van der Waals surface area contributed by atoms with Gasteiger partial charge in [0.15, 0.2) is 11.5 Å². The summed E-state index contributed by atoms with van der Waals surface area (Å²) >= 11 is 0. The molecule has 7 nitrogen and oxygen atoms in total. The fourth-order valence-electron chi connectivity index (χ4n) is 2.70. The quantitative estimate of drug-likeness (QED) is 0.772. The molecule has 0 fully saturated rings. The fourth-order valence-corrected chi connectivity index (χ4v) is 2.70. The second-order valence-corrected chi connectivity index (χ2v) is 5.97. The van der Waals surface area contributed by atoms with Gasteiger partial charge in [0.2, 0.25) is 18.6 Å². The second kappa shape index (κ2) is 8.93. The molecule has 0 aromatic heterocycles. The number of fused-ring (bicyclic) bond motifs is 1. The van der Waals surface area contributed by atoms with Crippen molar-refractivity contribution in [3.63, 3.8) is 0 Å². The predicted molar refractivity (Wildman–Crippen MR) is 100 cm³/mol. The van der Waals surface area contributed by atoms with Crippen LogP contribution in [-0.2, 0) is 9.59 Å². The lowest BCUT2D eigenvalue weighted by Crippen LogP contribution is -2.37. The number of carbonyl (C=O) groups excluding carboxylic acids is 2. The summed E-state index contributed by atoms with van der Waals surface area (Å²) in [5.41, 5.74) is 0.702. The van der Waals surface area contributed by atoms with Crippen LogP contribution in [0.1, 0.15) is 13.3 Å².